The number of halogens is 1. The normalized spacial score (nSPS) is 18.2. The number of para-hydroxylation sites is 1. The van der Waals surface area contributed by atoms with Gasteiger partial charge in [0.2, 0.25) is 0 Å². The molecule has 4 rings (SSSR count). The Morgan fingerprint density at radius 3 is 2.54 bits per heavy atom. The molecule has 0 bridgehead atoms. The molecule has 2 heterocycles. The zero-order chi connectivity index (χ0) is 17.9. The molecule has 3 nitrogen and oxygen atoms in total. The average molecular weight is 354 g/mol. The molecule has 0 radical (unpaired) electrons. The van der Waals surface area contributed by atoms with Gasteiger partial charge in [-0.3, -0.25) is 0 Å². The minimum absolute atomic E-state index is 0.157. The van der Waals surface area contributed by atoms with Crippen molar-refractivity contribution in [3.63, 3.8) is 0 Å². The van der Waals surface area contributed by atoms with Crippen molar-refractivity contribution in [3.05, 3.63) is 59.4 Å². The summed E-state index contributed by atoms with van der Waals surface area (Å²) in [4.78, 5) is 5.12. The maximum Gasteiger partial charge on any atom is 0.142 e. The summed E-state index contributed by atoms with van der Waals surface area (Å²) in [6.07, 6.45) is 4.50. The lowest BCUT2D eigenvalue weighted by molar-refractivity contribution is 0.211. The van der Waals surface area contributed by atoms with Gasteiger partial charge in [-0.05, 0) is 55.0 Å². The summed E-state index contributed by atoms with van der Waals surface area (Å²) in [6.45, 7) is 4.42. The Balaban J connectivity index is 1.33. The number of nitrogens with zero attached hydrogens (tertiary/aromatic N) is 2. The molecule has 1 saturated heterocycles. The van der Waals surface area contributed by atoms with Gasteiger partial charge in [-0.1, -0.05) is 24.3 Å². The molecule has 2 aliphatic rings. The highest BCUT2D eigenvalue weighted by atomic mass is 19.1. The second-order valence-electron chi connectivity index (χ2n) is 7.36. The summed E-state index contributed by atoms with van der Waals surface area (Å²) in [5, 5.41) is 0. The van der Waals surface area contributed by atoms with Gasteiger partial charge < -0.3 is 14.5 Å². The van der Waals surface area contributed by atoms with E-state index in [1.54, 1.807) is 19.2 Å². The second kappa shape index (κ2) is 7.67. The van der Waals surface area contributed by atoms with Gasteiger partial charge >= 0.3 is 0 Å². The molecule has 2 aliphatic heterocycles. The molecule has 2 aromatic rings. The molecule has 0 aliphatic carbocycles. The molecule has 1 fully saturated rings. The van der Waals surface area contributed by atoms with E-state index in [0.29, 0.717) is 6.04 Å². The number of hydrogen-bond acceptors (Lipinski definition) is 3. The van der Waals surface area contributed by atoms with E-state index in [1.165, 1.54) is 29.7 Å². The number of fused-ring (bicyclic) bond motifs is 1. The van der Waals surface area contributed by atoms with E-state index in [1.807, 2.05) is 12.1 Å². The number of ether oxygens (including phenoxy) is 1. The van der Waals surface area contributed by atoms with Gasteiger partial charge in [-0.2, -0.15) is 0 Å². The van der Waals surface area contributed by atoms with E-state index in [9.17, 15) is 4.39 Å². The lowest BCUT2D eigenvalue weighted by atomic mass is 10.0. The van der Waals surface area contributed by atoms with Crippen LogP contribution in [-0.2, 0) is 12.8 Å². The number of methoxy groups -OCH3 is 1. The van der Waals surface area contributed by atoms with E-state index in [-0.39, 0.29) is 5.82 Å². The maximum atomic E-state index is 13.0. The summed E-state index contributed by atoms with van der Waals surface area (Å²) in [7, 11) is 1.77. The number of likely N-dealkylation sites (tertiary alicyclic amines) is 1. The van der Waals surface area contributed by atoms with Crippen molar-refractivity contribution >= 4 is 5.69 Å². The molecular weight excluding hydrogens is 327 g/mol. The minimum Gasteiger partial charge on any atom is -0.495 e. The van der Waals surface area contributed by atoms with E-state index >= 15 is 0 Å². The standard InChI is InChI=1S/C22H27FN2O/c1-26-21-4-2-3-18-10-16-25(22(18)21)20-11-14-24(15-12-20)13-9-17-5-7-19(23)8-6-17/h2-8,20H,9-16H2,1H3. The highest BCUT2D eigenvalue weighted by molar-refractivity contribution is 5.67. The van der Waals surface area contributed by atoms with Gasteiger partial charge in [0.25, 0.3) is 0 Å². The quantitative estimate of drug-likeness (QED) is 0.810. The van der Waals surface area contributed by atoms with Crippen molar-refractivity contribution in [2.75, 3.05) is 38.2 Å². The topological polar surface area (TPSA) is 15.7 Å². The van der Waals surface area contributed by atoms with Crippen molar-refractivity contribution in [2.45, 2.75) is 31.7 Å². The van der Waals surface area contributed by atoms with Crippen molar-refractivity contribution in [1.29, 1.82) is 0 Å². The lowest BCUT2D eigenvalue weighted by Crippen LogP contribution is -2.45. The third-order valence-corrected chi connectivity index (χ3v) is 5.84. The number of rotatable bonds is 5. The predicted octanol–water partition coefficient (Wildman–Crippen LogP) is 3.90. The highest BCUT2D eigenvalue weighted by Crippen LogP contribution is 2.39. The van der Waals surface area contributed by atoms with Gasteiger partial charge in [0.05, 0.1) is 12.8 Å². The Morgan fingerprint density at radius 1 is 1.04 bits per heavy atom. The van der Waals surface area contributed by atoms with Crippen LogP contribution in [0.2, 0.25) is 0 Å². The predicted molar refractivity (Wildman–Crippen MR) is 104 cm³/mol. The van der Waals surface area contributed by atoms with Gasteiger partial charge in [0, 0.05) is 32.2 Å². The van der Waals surface area contributed by atoms with Gasteiger partial charge in [0.15, 0.2) is 0 Å². The van der Waals surface area contributed by atoms with Crippen LogP contribution in [0.15, 0.2) is 42.5 Å². The minimum atomic E-state index is -0.157. The van der Waals surface area contributed by atoms with E-state index < -0.39 is 0 Å². The van der Waals surface area contributed by atoms with Crippen molar-refractivity contribution in [1.82, 2.24) is 4.90 Å². The summed E-state index contributed by atoms with van der Waals surface area (Å²) >= 11 is 0. The molecule has 4 heteroatoms. The molecule has 0 N–H and O–H groups in total. The Labute approximate surface area is 155 Å². The Hall–Kier alpha value is -2.07. The molecule has 0 amide bonds. The molecule has 138 valence electrons. The first-order valence-corrected chi connectivity index (χ1v) is 9.64. The largest absolute Gasteiger partial charge is 0.495 e. The van der Waals surface area contributed by atoms with Crippen LogP contribution >= 0.6 is 0 Å². The highest BCUT2D eigenvalue weighted by Gasteiger charge is 2.31. The maximum absolute atomic E-state index is 13.0. The SMILES string of the molecule is COc1cccc2c1N(C1CCN(CCc3ccc(F)cc3)CC1)CC2. The number of benzene rings is 2. The Morgan fingerprint density at radius 2 is 1.81 bits per heavy atom. The summed E-state index contributed by atoms with van der Waals surface area (Å²) < 4.78 is 18.6. The second-order valence-corrected chi connectivity index (χ2v) is 7.36. The number of hydrogen-bond donors (Lipinski definition) is 0. The Bertz CT molecular complexity index is 738. The molecule has 0 saturated carbocycles. The van der Waals surface area contributed by atoms with Gasteiger partial charge in [-0.15, -0.1) is 0 Å². The van der Waals surface area contributed by atoms with Crippen LogP contribution in [0, 0.1) is 5.82 Å². The summed E-state index contributed by atoms with van der Waals surface area (Å²) in [6, 6.07) is 13.9. The van der Waals surface area contributed by atoms with Crippen LogP contribution in [0.1, 0.15) is 24.0 Å². The molecule has 2 aromatic carbocycles. The fraction of sp³-hybridized carbons (Fsp3) is 0.455. The first-order chi connectivity index (χ1) is 12.7. The van der Waals surface area contributed by atoms with Crippen molar-refractivity contribution in [2.24, 2.45) is 0 Å². The first-order valence-electron chi connectivity index (χ1n) is 9.64. The van der Waals surface area contributed by atoms with E-state index in [0.717, 1.165) is 44.8 Å². The molecular formula is C22H27FN2O. The summed E-state index contributed by atoms with van der Waals surface area (Å²) in [5.74, 6) is 0.856. The fourth-order valence-corrected chi connectivity index (χ4v) is 4.37. The smallest absolute Gasteiger partial charge is 0.142 e. The first kappa shape index (κ1) is 17.3. The summed E-state index contributed by atoms with van der Waals surface area (Å²) in [5.41, 5.74) is 3.95. The molecule has 0 atom stereocenters. The van der Waals surface area contributed by atoms with Crippen molar-refractivity contribution in [3.8, 4) is 5.75 Å². The number of piperidine rings is 1. The molecule has 26 heavy (non-hydrogen) atoms. The van der Waals surface area contributed by atoms with Gasteiger partial charge in [-0.25, -0.2) is 4.39 Å². The van der Waals surface area contributed by atoms with Crippen LogP contribution in [-0.4, -0.2) is 44.2 Å². The van der Waals surface area contributed by atoms with Crippen LogP contribution in [0.25, 0.3) is 0 Å². The van der Waals surface area contributed by atoms with Crippen LogP contribution in [0.5, 0.6) is 5.75 Å². The number of anilines is 1. The average Bonchev–Trinajstić information content (AvgIpc) is 3.12. The van der Waals surface area contributed by atoms with Crippen molar-refractivity contribution < 1.29 is 9.13 Å². The zero-order valence-corrected chi connectivity index (χ0v) is 15.5. The van der Waals surface area contributed by atoms with Crippen LogP contribution in [0.3, 0.4) is 0 Å². The monoisotopic (exact) mass is 354 g/mol. The lowest BCUT2D eigenvalue weighted by Gasteiger charge is -2.38. The van der Waals surface area contributed by atoms with Crippen LogP contribution in [0.4, 0.5) is 10.1 Å². The molecule has 0 unspecified atom stereocenters. The third kappa shape index (κ3) is 3.56. The molecule has 0 aromatic heterocycles. The zero-order valence-electron chi connectivity index (χ0n) is 15.5. The van der Waals surface area contributed by atoms with E-state index in [4.69, 9.17) is 4.74 Å². The van der Waals surface area contributed by atoms with Crippen LogP contribution < -0.4 is 9.64 Å². The Kier molecular flexibility index (Phi) is 5.11. The third-order valence-electron chi connectivity index (χ3n) is 5.84. The fourth-order valence-electron chi connectivity index (χ4n) is 4.37. The van der Waals surface area contributed by atoms with E-state index in [2.05, 4.69) is 28.0 Å². The molecule has 0 spiro atoms. The van der Waals surface area contributed by atoms with Gasteiger partial charge in [0.1, 0.15) is 11.6 Å².